The quantitative estimate of drug-likeness (QED) is 0.809. The first-order valence-electron chi connectivity index (χ1n) is 8.18. The second kappa shape index (κ2) is 7.49. The van der Waals surface area contributed by atoms with Crippen LogP contribution >= 0.6 is 0 Å². The summed E-state index contributed by atoms with van der Waals surface area (Å²) in [6, 6.07) is 1.63. The summed E-state index contributed by atoms with van der Waals surface area (Å²) < 4.78 is 0. The van der Waals surface area contributed by atoms with Gasteiger partial charge in [0.15, 0.2) is 0 Å². The van der Waals surface area contributed by atoms with E-state index in [0.717, 1.165) is 18.6 Å². The van der Waals surface area contributed by atoms with Gasteiger partial charge in [0.2, 0.25) is 0 Å². The van der Waals surface area contributed by atoms with Crippen LogP contribution < -0.4 is 0 Å². The van der Waals surface area contributed by atoms with E-state index in [4.69, 9.17) is 0 Å². The highest BCUT2D eigenvalue weighted by Crippen LogP contribution is 2.30. The van der Waals surface area contributed by atoms with Crippen molar-refractivity contribution >= 4 is 0 Å². The van der Waals surface area contributed by atoms with Crippen molar-refractivity contribution < 1.29 is 5.11 Å². The van der Waals surface area contributed by atoms with Gasteiger partial charge in [-0.2, -0.15) is 0 Å². The average Bonchev–Trinajstić information content (AvgIpc) is 2.46. The number of aliphatic hydroxyl groups excluding tert-OH is 1. The molecule has 2 aliphatic rings. The van der Waals surface area contributed by atoms with Crippen LogP contribution in [0.3, 0.4) is 0 Å². The third-order valence-electron chi connectivity index (χ3n) is 4.92. The van der Waals surface area contributed by atoms with Crippen molar-refractivity contribution in [2.24, 2.45) is 5.92 Å². The number of rotatable bonds is 5. The molecule has 0 amide bonds. The molecule has 2 saturated carbocycles. The predicted molar refractivity (Wildman–Crippen MR) is 76.7 cm³/mol. The molecule has 1 atom stereocenters. The molecular weight excluding hydrogens is 222 g/mol. The van der Waals surface area contributed by atoms with Crippen molar-refractivity contribution in [1.82, 2.24) is 4.90 Å². The molecule has 0 spiro atoms. The van der Waals surface area contributed by atoms with Crippen molar-refractivity contribution in [2.75, 3.05) is 13.2 Å². The first-order valence-corrected chi connectivity index (χ1v) is 8.18. The van der Waals surface area contributed by atoms with Crippen molar-refractivity contribution in [3.63, 3.8) is 0 Å². The van der Waals surface area contributed by atoms with Gasteiger partial charge >= 0.3 is 0 Å². The van der Waals surface area contributed by atoms with Gasteiger partial charge in [0.25, 0.3) is 0 Å². The van der Waals surface area contributed by atoms with Gasteiger partial charge < -0.3 is 5.11 Å². The molecular formula is C16H31NO. The smallest absolute Gasteiger partial charge is 0.0468 e. The van der Waals surface area contributed by atoms with E-state index < -0.39 is 0 Å². The Morgan fingerprint density at radius 2 is 1.33 bits per heavy atom. The van der Waals surface area contributed by atoms with E-state index in [-0.39, 0.29) is 0 Å². The molecule has 0 saturated heterocycles. The van der Waals surface area contributed by atoms with Crippen LogP contribution in [0.25, 0.3) is 0 Å². The molecule has 0 heterocycles. The van der Waals surface area contributed by atoms with Crippen LogP contribution in [0.5, 0.6) is 0 Å². The molecule has 1 N–H and O–H groups in total. The second-order valence-electron chi connectivity index (χ2n) is 6.57. The van der Waals surface area contributed by atoms with Gasteiger partial charge in [0.1, 0.15) is 0 Å². The molecule has 0 bridgehead atoms. The fraction of sp³-hybridized carbons (Fsp3) is 1.00. The number of hydrogen-bond acceptors (Lipinski definition) is 2. The molecule has 18 heavy (non-hydrogen) atoms. The molecule has 2 fully saturated rings. The fourth-order valence-corrected chi connectivity index (χ4v) is 3.84. The summed E-state index contributed by atoms with van der Waals surface area (Å²) in [4.78, 5) is 2.79. The standard InChI is InChI=1S/C16H31NO/c1-14(13-18)12-17(15-8-4-2-5-9-15)16-10-6-3-7-11-16/h14-16,18H,2-13H2,1H3. The lowest BCUT2D eigenvalue weighted by atomic mass is 9.88. The van der Waals surface area contributed by atoms with Crippen LogP contribution in [-0.2, 0) is 0 Å². The van der Waals surface area contributed by atoms with Gasteiger partial charge in [-0.1, -0.05) is 45.4 Å². The minimum atomic E-state index is 0.343. The van der Waals surface area contributed by atoms with Crippen molar-refractivity contribution in [3.05, 3.63) is 0 Å². The summed E-state index contributed by atoms with van der Waals surface area (Å²) in [6.07, 6.45) is 14.1. The Kier molecular flexibility index (Phi) is 5.97. The number of aliphatic hydroxyl groups is 1. The third-order valence-corrected chi connectivity index (χ3v) is 4.92. The minimum Gasteiger partial charge on any atom is -0.396 e. The van der Waals surface area contributed by atoms with E-state index in [0.29, 0.717) is 12.5 Å². The predicted octanol–water partition coefficient (Wildman–Crippen LogP) is 3.58. The van der Waals surface area contributed by atoms with Crippen LogP contribution in [0.1, 0.15) is 71.1 Å². The highest BCUT2D eigenvalue weighted by atomic mass is 16.3. The van der Waals surface area contributed by atoms with Gasteiger partial charge in [-0.3, -0.25) is 4.90 Å². The fourth-order valence-electron chi connectivity index (χ4n) is 3.84. The molecule has 106 valence electrons. The summed E-state index contributed by atoms with van der Waals surface area (Å²) >= 11 is 0. The van der Waals surface area contributed by atoms with Gasteiger partial charge in [-0.25, -0.2) is 0 Å². The van der Waals surface area contributed by atoms with Crippen molar-refractivity contribution in [3.8, 4) is 0 Å². The minimum absolute atomic E-state index is 0.343. The first-order chi connectivity index (χ1) is 8.81. The average molecular weight is 253 g/mol. The Hall–Kier alpha value is -0.0800. The molecule has 2 rings (SSSR count). The second-order valence-corrected chi connectivity index (χ2v) is 6.57. The summed E-state index contributed by atoms with van der Waals surface area (Å²) in [7, 11) is 0. The van der Waals surface area contributed by atoms with Gasteiger partial charge in [0.05, 0.1) is 0 Å². The maximum atomic E-state index is 9.35. The molecule has 0 aromatic heterocycles. The van der Waals surface area contributed by atoms with Crippen LogP contribution in [0, 0.1) is 5.92 Å². The first kappa shape index (κ1) is 14.3. The van der Waals surface area contributed by atoms with Crippen LogP contribution in [-0.4, -0.2) is 35.2 Å². The topological polar surface area (TPSA) is 23.5 Å². The Bertz CT molecular complexity index is 201. The summed E-state index contributed by atoms with van der Waals surface area (Å²) in [5, 5.41) is 9.35. The molecule has 0 aromatic carbocycles. The molecule has 0 aliphatic heterocycles. The highest BCUT2D eigenvalue weighted by Gasteiger charge is 2.29. The maximum absolute atomic E-state index is 9.35. The molecule has 0 radical (unpaired) electrons. The Morgan fingerprint density at radius 3 is 1.72 bits per heavy atom. The normalized spacial score (nSPS) is 25.5. The van der Waals surface area contributed by atoms with Gasteiger partial charge in [0, 0.05) is 25.2 Å². The van der Waals surface area contributed by atoms with E-state index >= 15 is 0 Å². The van der Waals surface area contributed by atoms with E-state index in [1.165, 1.54) is 64.2 Å². The zero-order valence-electron chi connectivity index (χ0n) is 12.1. The Morgan fingerprint density at radius 1 is 0.889 bits per heavy atom. The summed E-state index contributed by atoms with van der Waals surface area (Å²) in [6.45, 7) is 3.65. The monoisotopic (exact) mass is 253 g/mol. The van der Waals surface area contributed by atoms with Crippen molar-refractivity contribution in [1.29, 1.82) is 0 Å². The van der Waals surface area contributed by atoms with Gasteiger partial charge in [-0.05, 0) is 31.6 Å². The van der Waals surface area contributed by atoms with E-state index in [9.17, 15) is 5.11 Å². The molecule has 2 aliphatic carbocycles. The van der Waals surface area contributed by atoms with Crippen LogP contribution in [0.15, 0.2) is 0 Å². The Labute approximate surface area is 113 Å². The van der Waals surface area contributed by atoms with Crippen LogP contribution in [0.4, 0.5) is 0 Å². The van der Waals surface area contributed by atoms with E-state index in [2.05, 4.69) is 11.8 Å². The zero-order chi connectivity index (χ0) is 12.8. The molecule has 2 nitrogen and oxygen atoms in total. The van der Waals surface area contributed by atoms with E-state index in [1.807, 2.05) is 0 Å². The maximum Gasteiger partial charge on any atom is 0.0468 e. The lowest BCUT2D eigenvalue weighted by Gasteiger charge is -2.42. The molecule has 2 heteroatoms. The number of nitrogens with zero attached hydrogens (tertiary/aromatic N) is 1. The molecule has 1 unspecified atom stereocenters. The summed E-state index contributed by atoms with van der Waals surface area (Å²) in [5.41, 5.74) is 0. The largest absolute Gasteiger partial charge is 0.396 e. The Balaban J connectivity index is 1.95. The van der Waals surface area contributed by atoms with E-state index in [1.54, 1.807) is 0 Å². The SMILES string of the molecule is CC(CO)CN(C1CCCCC1)C1CCCCC1. The highest BCUT2D eigenvalue weighted by molar-refractivity contribution is 4.84. The third kappa shape index (κ3) is 3.96. The number of hydrogen-bond donors (Lipinski definition) is 1. The lowest BCUT2D eigenvalue weighted by Crippen LogP contribution is -2.47. The van der Waals surface area contributed by atoms with Gasteiger partial charge in [-0.15, -0.1) is 0 Å². The van der Waals surface area contributed by atoms with Crippen molar-refractivity contribution in [2.45, 2.75) is 83.2 Å². The summed E-state index contributed by atoms with van der Waals surface area (Å²) in [5.74, 6) is 0.439. The molecule has 0 aromatic rings. The van der Waals surface area contributed by atoms with Crippen LogP contribution in [0.2, 0.25) is 0 Å². The zero-order valence-corrected chi connectivity index (χ0v) is 12.1. The lowest BCUT2D eigenvalue weighted by molar-refractivity contribution is 0.0553.